The fourth-order valence-corrected chi connectivity index (χ4v) is 3.94. The summed E-state index contributed by atoms with van der Waals surface area (Å²) in [6.07, 6.45) is -0.106. The van der Waals surface area contributed by atoms with E-state index in [1.807, 2.05) is 0 Å². The predicted octanol–water partition coefficient (Wildman–Crippen LogP) is 5.88. The zero-order chi connectivity index (χ0) is 28.1. The van der Waals surface area contributed by atoms with Crippen LogP contribution >= 0.6 is 11.6 Å². The molecular weight excluding hydrogens is 520 g/mol. The largest absolute Gasteiger partial charge is 0.507 e. The van der Waals surface area contributed by atoms with Crippen molar-refractivity contribution in [2.24, 2.45) is 7.05 Å². The summed E-state index contributed by atoms with van der Waals surface area (Å²) in [5.41, 5.74) is 2.39. The summed E-state index contributed by atoms with van der Waals surface area (Å²) in [4.78, 5) is 34.1. The Kier molecular flexibility index (Phi) is 8.64. The highest BCUT2D eigenvalue weighted by molar-refractivity contribution is 6.30. The lowest BCUT2D eigenvalue weighted by Gasteiger charge is -2.07. The topological polar surface area (TPSA) is 117 Å². The molecular formula is C28H22ClF2NO6. The number of aryl methyl sites for hydroxylation is 1. The van der Waals surface area contributed by atoms with Gasteiger partial charge in [0, 0.05) is 35.0 Å². The number of nitrogens with zero attached hydrogens (tertiary/aromatic N) is 1. The first-order chi connectivity index (χ1) is 17.9. The van der Waals surface area contributed by atoms with E-state index >= 15 is 0 Å². The summed E-state index contributed by atoms with van der Waals surface area (Å²) in [5, 5.41) is 27.6. The maximum Gasteiger partial charge on any atom is 0.339 e. The molecule has 7 nitrogen and oxygen atoms in total. The molecule has 38 heavy (non-hydrogen) atoms. The summed E-state index contributed by atoms with van der Waals surface area (Å²) in [6.45, 7) is 1.80. The molecule has 0 atom stereocenters. The molecule has 0 saturated heterocycles. The zero-order valence-corrected chi connectivity index (χ0v) is 21.0. The highest BCUT2D eigenvalue weighted by Crippen LogP contribution is 2.28. The quantitative estimate of drug-likeness (QED) is 0.262. The smallest absolute Gasteiger partial charge is 0.339 e. The van der Waals surface area contributed by atoms with Crippen LogP contribution in [0, 0.1) is 18.6 Å². The summed E-state index contributed by atoms with van der Waals surface area (Å²) in [7, 11) is 1.70. The molecule has 0 aliphatic carbocycles. The lowest BCUT2D eigenvalue weighted by Crippen LogP contribution is -2.12. The average Bonchev–Trinajstić information content (AvgIpc) is 3.12. The van der Waals surface area contributed by atoms with Crippen molar-refractivity contribution < 1.29 is 38.5 Å². The Labute approximate surface area is 221 Å². The van der Waals surface area contributed by atoms with Gasteiger partial charge >= 0.3 is 11.9 Å². The average molecular weight is 542 g/mol. The minimum Gasteiger partial charge on any atom is -0.507 e. The number of aromatic hydroxyl groups is 1. The van der Waals surface area contributed by atoms with Gasteiger partial charge in [-0.3, -0.25) is 9.59 Å². The summed E-state index contributed by atoms with van der Waals surface area (Å²) in [5.74, 6) is -4.30. The molecule has 0 spiro atoms. The van der Waals surface area contributed by atoms with Gasteiger partial charge in [-0.2, -0.15) is 0 Å². The van der Waals surface area contributed by atoms with Gasteiger partial charge in [0.05, 0.1) is 12.1 Å². The van der Waals surface area contributed by atoms with Gasteiger partial charge < -0.3 is 19.9 Å². The third-order valence-corrected chi connectivity index (χ3v) is 5.90. The van der Waals surface area contributed by atoms with Crippen LogP contribution in [0.4, 0.5) is 8.78 Å². The second kappa shape index (κ2) is 11.7. The van der Waals surface area contributed by atoms with Gasteiger partial charge in [0.25, 0.3) is 0 Å². The van der Waals surface area contributed by atoms with Crippen LogP contribution in [0.2, 0.25) is 5.02 Å². The van der Waals surface area contributed by atoms with Gasteiger partial charge in [-0.15, -0.1) is 0 Å². The van der Waals surface area contributed by atoms with Gasteiger partial charge in [0.1, 0.15) is 22.9 Å². The van der Waals surface area contributed by atoms with Crippen molar-refractivity contribution in [1.82, 2.24) is 4.57 Å². The van der Waals surface area contributed by atoms with Crippen LogP contribution in [0.1, 0.15) is 37.7 Å². The van der Waals surface area contributed by atoms with Crippen molar-refractivity contribution in [3.8, 4) is 16.9 Å². The van der Waals surface area contributed by atoms with Crippen molar-refractivity contribution in [3.05, 3.63) is 111 Å². The van der Waals surface area contributed by atoms with Crippen molar-refractivity contribution in [2.45, 2.75) is 13.3 Å². The number of carbonyl (C=O) groups is 3. The molecule has 4 rings (SSSR count). The first-order valence-electron chi connectivity index (χ1n) is 11.1. The van der Waals surface area contributed by atoms with E-state index < -0.39 is 29.3 Å². The zero-order valence-electron chi connectivity index (χ0n) is 20.2. The molecule has 0 aliphatic rings. The summed E-state index contributed by atoms with van der Waals surface area (Å²) >= 11 is 5.80. The third-order valence-electron chi connectivity index (χ3n) is 5.65. The number of ketones is 1. The van der Waals surface area contributed by atoms with Crippen LogP contribution in [0.3, 0.4) is 0 Å². The highest BCUT2D eigenvalue weighted by Gasteiger charge is 2.19. The number of benzene rings is 3. The monoisotopic (exact) mass is 541 g/mol. The molecule has 3 aromatic carbocycles. The number of carbonyl (C=O) groups excluding carboxylic acids is 1. The van der Waals surface area contributed by atoms with E-state index in [0.29, 0.717) is 28.0 Å². The van der Waals surface area contributed by atoms with Crippen LogP contribution in [-0.4, -0.2) is 37.6 Å². The molecule has 4 aromatic rings. The van der Waals surface area contributed by atoms with E-state index in [0.717, 1.165) is 23.8 Å². The first kappa shape index (κ1) is 28.1. The number of carboxylic acids is 2. The number of hydrogen-bond acceptors (Lipinski definition) is 4. The minimum absolute atomic E-state index is 0.0684. The number of phenols is 1. The van der Waals surface area contributed by atoms with Crippen LogP contribution in [-0.2, 0) is 18.3 Å². The minimum atomic E-state index is -1.32. The van der Waals surface area contributed by atoms with E-state index in [2.05, 4.69) is 0 Å². The lowest BCUT2D eigenvalue weighted by atomic mass is 10.0. The Balaban J connectivity index is 0.000000212. The van der Waals surface area contributed by atoms with Gasteiger partial charge in [-0.1, -0.05) is 17.7 Å². The molecule has 0 bridgehead atoms. The van der Waals surface area contributed by atoms with Gasteiger partial charge in [0.2, 0.25) is 5.78 Å². The Morgan fingerprint density at radius 1 is 0.921 bits per heavy atom. The maximum atomic E-state index is 13.5. The van der Waals surface area contributed by atoms with E-state index in [4.69, 9.17) is 21.8 Å². The number of aromatic nitrogens is 1. The molecule has 10 heteroatoms. The molecule has 1 aromatic heterocycles. The Morgan fingerprint density at radius 2 is 1.58 bits per heavy atom. The number of rotatable bonds is 6. The Hall–Kier alpha value is -4.50. The highest BCUT2D eigenvalue weighted by atomic mass is 35.5. The molecule has 196 valence electrons. The van der Waals surface area contributed by atoms with Crippen molar-refractivity contribution in [1.29, 1.82) is 0 Å². The van der Waals surface area contributed by atoms with Crippen molar-refractivity contribution >= 4 is 29.3 Å². The summed E-state index contributed by atoms with van der Waals surface area (Å²) < 4.78 is 27.9. The van der Waals surface area contributed by atoms with Crippen molar-refractivity contribution in [3.63, 3.8) is 0 Å². The Bertz CT molecular complexity index is 1530. The lowest BCUT2D eigenvalue weighted by molar-refractivity contribution is -0.136. The van der Waals surface area contributed by atoms with Gasteiger partial charge in [-0.05, 0) is 72.6 Å². The number of hydrogen-bond donors (Lipinski definition) is 3. The first-order valence-corrected chi connectivity index (χ1v) is 11.5. The normalized spacial score (nSPS) is 10.4. The summed E-state index contributed by atoms with van der Waals surface area (Å²) in [6, 6.07) is 15.0. The third kappa shape index (κ3) is 6.43. The molecule has 1 heterocycles. The number of aliphatic carboxylic acids is 1. The van der Waals surface area contributed by atoms with Crippen LogP contribution in [0.15, 0.2) is 66.7 Å². The fraction of sp³-hybridized carbons (Fsp3) is 0.107. The standard InChI is InChI=1S/C15H14ClNO3.C13H8F2O3/c1-9-7-12(8-13(18)19)17(2)14(9)15(20)10-3-5-11(16)6-4-10;14-8-2-3-9(11(15)6-8)7-1-4-12(16)10(5-7)13(17)18/h3-7H,8H2,1-2H3,(H,18,19);1-6,16H,(H,17,18). The molecule has 0 fully saturated rings. The number of halogens is 3. The van der Waals surface area contributed by atoms with Gasteiger partial charge in [-0.25, -0.2) is 13.6 Å². The van der Waals surface area contributed by atoms with E-state index in [9.17, 15) is 28.3 Å². The fourth-order valence-electron chi connectivity index (χ4n) is 3.82. The maximum absolute atomic E-state index is 13.5. The number of carboxylic acid groups (broad SMARTS) is 2. The predicted molar refractivity (Wildman–Crippen MR) is 137 cm³/mol. The SMILES string of the molecule is Cc1cc(CC(=O)O)n(C)c1C(=O)c1ccc(Cl)cc1.O=C(O)c1cc(-c2ccc(F)cc2F)ccc1O. The molecule has 0 radical (unpaired) electrons. The van der Waals surface area contributed by atoms with E-state index in [1.165, 1.54) is 12.1 Å². The molecule has 3 N–H and O–H groups in total. The van der Waals surface area contributed by atoms with Gasteiger partial charge in [0.15, 0.2) is 0 Å². The molecule has 0 aliphatic heterocycles. The second-order valence-electron chi connectivity index (χ2n) is 8.29. The number of aromatic carboxylic acids is 1. The Morgan fingerprint density at radius 3 is 2.16 bits per heavy atom. The van der Waals surface area contributed by atoms with E-state index in [-0.39, 0.29) is 28.9 Å². The molecule has 0 amide bonds. The van der Waals surface area contributed by atoms with Crippen LogP contribution < -0.4 is 0 Å². The van der Waals surface area contributed by atoms with E-state index in [1.54, 1.807) is 48.9 Å². The molecule has 0 unspecified atom stereocenters. The second-order valence-corrected chi connectivity index (χ2v) is 8.73. The molecule has 0 saturated carbocycles. The van der Waals surface area contributed by atoms with Crippen LogP contribution in [0.5, 0.6) is 5.75 Å². The van der Waals surface area contributed by atoms with Crippen LogP contribution in [0.25, 0.3) is 11.1 Å². The van der Waals surface area contributed by atoms with Crippen molar-refractivity contribution in [2.75, 3.05) is 0 Å².